The minimum Gasteiger partial charge on any atom is -0.306 e. The zero-order valence-corrected chi connectivity index (χ0v) is 17.9. The van der Waals surface area contributed by atoms with Crippen LogP contribution in [0.1, 0.15) is 12.8 Å². The maximum absolute atomic E-state index is 12.9. The van der Waals surface area contributed by atoms with Crippen molar-refractivity contribution in [2.75, 3.05) is 0 Å². The van der Waals surface area contributed by atoms with Gasteiger partial charge in [-0.3, -0.25) is 4.79 Å². The Balaban J connectivity index is 1.53. The van der Waals surface area contributed by atoms with Crippen molar-refractivity contribution in [1.82, 2.24) is 14.7 Å². The van der Waals surface area contributed by atoms with Crippen LogP contribution in [0.5, 0.6) is 0 Å². The van der Waals surface area contributed by atoms with Crippen molar-refractivity contribution in [3.05, 3.63) is 69.3 Å². The summed E-state index contributed by atoms with van der Waals surface area (Å²) in [6.07, 6.45) is 1.75. The number of aromatic nitrogens is 2. The van der Waals surface area contributed by atoms with Crippen LogP contribution >= 0.6 is 22.9 Å². The fraction of sp³-hybridized carbons (Fsp3) is 0.143. The lowest BCUT2D eigenvalue weighted by Gasteiger charge is -2.07. The van der Waals surface area contributed by atoms with Gasteiger partial charge in [0.1, 0.15) is 10.7 Å². The van der Waals surface area contributed by atoms with Gasteiger partial charge in [-0.15, -0.1) is 11.3 Å². The van der Waals surface area contributed by atoms with Crippen LogP contribution in [0, 0.1) is 0 Å². The number of benzene rings is 2. The molecule has 2 aromatic carbocycles. The van der Waals surface area contributed by atoms with E-state index in [0.717, 1.165) is 24.0 Å². The molecule has 0 saturated heterocycles. The summed E-state index contributed by atoms with van der Waals surface area (Å²) in [5.41, 5.74) is 1.89. The van der Waals surface area contributed by atoms with Crippen molar-refractivity contribution in [3.63, 3.8) is 0 Å². The summed E-state index contributed by atoms with van der Waals surface area (Å²) in [5.74, 6) is 0.388. The Kier molecular flexibility index (Phi) is 4.74. The monoisotopic (exact) mass is 457 g/mol. The zero-order valence-electron chi connectivity index (χ0n) is 15.6. The number of fused-ring (bicyclic) bond motifs is 1. The quantitative estimate of drug-likeness (QED) is 0.464. The van der Waals surface area contributed by atoms with Crippen LogP contribution in [-0.4, -0.2) is 24.4 Å². The van der Waals surface area contributed by atoms with Crippen molar-refractivity contribution in [1.29, 1.82) is 0 Å². The van der Waals surface area contributed by atoms with Crippen molar-refractivity contribution in [3.8, 4) is 22.5 Å². The molecule has 2 heterocycles. The number of H-pyrrole nitrogens is 1. The highest BCUT2D eigenvalue weighted by Gasteiger charge is 2.28. The third kappa shape index (κ3) is 3.56. The van der Waals surface area contributed by atoms with E-state index in [4.69, 9.17) is 11.6 Å². The van der Waals surface area contributed by atoms with E-state index < -0.39 is 10.0 Å². The normalized spacial score (nSPS) is 14.3. The number of nitrogens with zero attached hydrogens (tertiary/aromatic N) is 1. The third-order valence-electron chi connectivity index (χ3n) is 4.95. The fourth-order valence-corrected chi connectivity index (χ4v) is 5.73. The minimum absolute atomic E-state index is 0.0428. The van der Waals surface area contributed by atoms with E-state index in [2.05, 4.69) is 14.7 Å². The number of nitrogens with one attached hydrogen (secondary N) is 2. The highest BCUT2D eigenvalue weighted by molar-refractivity contribution is 7.89. The van der Waals surface area contributed by atoms with Gasteiger partial charge in [-0.2, -0.15) is 0 Å². The van der Waals surface area contributed by atoms with Crippen LogP contribution in [0.15, 0.2) is 63.6 Å². The Morgan fingerprint density at radius 1 is 1.07 bits per heavy atom. The number of rotatable bonds is 5. The molecule has 30 heavy (non-hydrogen) atoms. The summed E-state index contributed by atoms with van der Waals surface area (Å²) in [6.45, 7) is 0. The Morgan fingerprint density at radius 2 is 1.80 bits per heavy atom. The average Bonchev–Trinajstić information content (AvgIpc) is 3.43. The highest BCUT2D eigenvalue weighted by atomic mass is 35.5. The second kappa shape index (κ2) is 7.31. The van der Waals surface area contributed by atoms with Gasteiger partial charge in [-0.25, -0.2) is 18.1 Å². The molecular weight excluding hydrogens is 442 g/mol. The van der Waals surface area contributed by atoms with Crippen molar-refractivity contribution in [2.45, 2.75) is 23.8 Å². The second-order valence-corrected chi connectivity index (χ2v) is 10.1. The molecule has 9 heteroatoms. The van der Waals surface area contributed by atoms with Crippen LogP contribution in [0.2, 0.25) is 5.02 Å². The maximum Gasteiger partial charge on any atom is 0.260 e. The fourth-order valence-electron chi connectivity index (χ4n) is 3.24. The van der Waals surface area contributed by atoms with Gasteiger partial charge in [0.15, 0.2) is 0 Å². The molecule has 0 unspecified atom stereocenters. The van der Waals surface area contributed by atoms with E-state index in [-0.39, 0.29) is 16.5 Å². The molecule has 5 rings (SSSR count). The third-order valence-corrected chi connectivity index (χ3v) is 7.68. The Labute approximate surface area is 181 Å². The standard InChI is InChI=1S/C21H16ClN3O3S2/c22-17-4-2-1-3-15(17)16-11-29-21-18(16)20(26)23-19(24-21)12-5-9-14(10-6-12)30(27,28)25-13-7-8-13/h1-6,9-11,13,25H,7-8H2,(H,23,24,26). The van der Waals surface area contributed by atoms with E-state index in [1.807, 2.05) is 23.6 Å². The zero-order chi connectivity index (χ0) is 20.9. The SMILES string of the molecule is O=c1[nH]c(-c2ccc(S(=O)(=O)NC3CC3)cc2)nc2scc(-c3ccccc3Cl)c12. The molecule has 0 radical (unpaired) electrons. The predicted octanol–water partition coefficient (Wildman–Crippen LogP) is 4.41. The van der Waals surface area contributed by atoms with Gasteiger partial charge in [-0.1, -0.05) is 29.8 Å². The maximum atomic E-state index is 12.9. The summed E-state index contributed by atoms with van der Waals surface area (Å²) in [6, 6.07) is 13.7. The number of thiophene rings is 1. The summed E-state index contributed by atoms with van der Waals surface area (Å²) >= 11 is 7.67. The number of halogens is 1. The number of aromatic amines is 1. The van der Waals surface area contributed by atoms with E-state index in [9.17, 15) is 13.2 Å². The Morgan fingerprint density at radius 3 is 2.50 bits per heavy atom. The lowest BCUT2D eigenvalue weighted by atomic mass is 10.1. The minimum atomic E-state index is -3.52. The van der Waals surface area contributed by atoms with Gasteiger partial charge >= 0.3 is 0 Å². The molecule has 6 nitrogen and oxygen atoms in total. The topological polar surface area (TPSA) is 91.9 Å². The molecule has 4 aromatic rings. The molecule has 1 saturated carbocycles. The highest BCUT2D eigenvalue weighted by Crippen LogP contribution is 2.35. The first-order valence-corrected chi connectivity index (χ1v) is 12.1. The smallest absolute Gasteiger partial charge is 0.260 e. The first-order chi connectivity index (χ1) is 14.4. The van der Waals surface area contributed by atoms with Crippen molar-refractivity contribution >= 4 is 43.2 Å². The van der Waals surface area contributed by atoms with E-state index in [1.165, 1.54) is 23.5 Å². The second-order valence-electron chi connectivity index (χ2n) is 7.14. The molecule has 152 valence electrons. The molecule has 0 aliphatic heterocycles. The Hall–Kier alpha value is -2.52. The summed E-state index contributed by atoms with van der Waals surface area (Å²) < 4.78 is 27.3. The van der Waals surface area contributed by atoms with Gasteiger partial charge in [0, 0.05) is 33.1 Å². The molecule has 0 spiro atoms. The molecule has 0 amide bonds. The van der Waals surface area contributed by atoms with Crippen molar-refractivity contribution < 1.29 is 8.42 Å². The first kappa shape index (κ1) is 19.4. The van der Waals surface area contributed by atoms with Gasteiger partial charge in [-0.05, 0) is 43.2 Å². The number of hydrogen-bond donors (Lipinski definition) is 2. The molecule has 0 bridgehead atoms. The predicted molar refractivity (Wildman–Crippen MR) is 119 cm³/mol. The van der Waals surface area contributed by atoms with E-state index in [0.29, 0.717) is 26.6 Å². The van der Waals surface area contributed by atoms with Gasteiger partial charge < -0.3 is 4.98 Å². The van der Waals surface area contributed by atoms with Crippen LogP contribution in [0.4, 0.5) is 0 Å². The summed E-state index contributed by atoms with van der Waals surface area (Å²) in [5, 5.41) is 2.93. The molecule has 1 aliphatic carbocycles. The van der Waals surface area contributed by atoms with Crippen LogP contribution in [0.3, 0.4) is 0 Å². The van der Waals surface area contributed by atoms with E-state index >= 15 is 0 Å². The average molecular weight is 458 g/mol. The molecule has 1 aliphatic rings. The molecule has 2 N–H and O–H groups in total. The van der Waals surface area contributed by atoms with Crippen LogP contribution in [0.25, 0.3) is 32.7 Å². The Bertz CT molecular complexity index is 1420. The number of hydrogen-bond acceptors (Lipinski definition) is 5. The lowest BCUT2D eigenvalue weighted by molar-refractivity contribution is 0.581. The molecule has 0 atom stereocenters. The summed E-state index contributed by atoms with van der Waals surface area (Å²) in [4.78, 5) is 21.0. The van der Waals surface area contributed by atoms with Gasteiger partial charge in [0.2, 0.25) is 10.0 Å². The molecule has 2 aromatic heterocycles. The van der Waals surface area contributed by atoms with Crippen LogP contribution in [-0.2, 0) is 10.0 Å². The van der Waals surface area contributed by atoms with Crippen molar-refractivity contribution in [2.24, 2.45) is 0 Å². The molecule has 1 fully saturated rings. The van der Waals surface area contributed by atoms with Gasteiger partial charge in [0.25, 0.3) is 5.56 Å². The first-order valence-electron chi connectivity index (χ1n) is 9.31. The van der Waals surface area contributed by atoms with E-state index in [1.54, 1.807) is 18.2 Å². The largest absolute Gasteiger partial charge is 0.306 e. The number of sulfonamides is 1. The summed E-state index contributed by atoms with van der Waals surface area (Å²) in [7, 11) is -3.52. The lowest BCUT2D eigenvalue weighted by Crippen LogP contribution is -2.25. The van der Waals surface area contributed by atoms with Gasteiger partial charge in [0.05, 0.1) is 10.3 Å². The van der Waals surface area contributed by atoms with Crippen LogP contribution < -0.4 is 10.3 Å². The molecular formula is C21H16ClN3O3S2.